The van der Waals surface area contributed by atoms with Gasteiger partial charge in [0.25, 0.3) is 17.7 Å². The lowest BCUT2D eigenvalue weighted by Gasteiger charge is -2.33. The third-order valence-electron chi connectivity index (χ3n) is 4.40. The van der Waals surface area contributed by atoms with Crippen LogP contribution in [0.3, 0.4) is 0 Å². The lowest BCUT2D eigenvalue weighted by Crippen LogP contribution is -2.46. The highest BCUT2D eigenvalue weighted by Gasteiger charge is 2.37. The van der Waals surface area contributed by atoms with Crippen LogP contribution in [0.15, 0.2) is 60.8 Å². The Bertz CT molecular complexity index is 900. The molecule has 0 unspecified atom stereocenters. The van der Waals surface area contributed by atoms with Crippen molar-refractivity contribution in [3.8, 4) is 0 Å². The van der Waals surface area contributed by atoms with Gasteiger partial charge in [-0.2, -0.15) is 0 Å². The van der Waals surface area contributed by atoms with Gasteiger partial charge in [0.2, 0.25) is 0 Å². The number of anilines is 1. The van der Waals surface area contributed by atoms with Gasteiger partial charge in [-0.15, -0.1) is 0 Å². The topological polar surface area (TPSA) is 69.7 Å². The fourth-order valence-corrected chi connectivity index (χ4v) is 3.20. The van der Waals surface area contributed by atoms with Gasteiger partial charge in [0.15, 0.2) is 0 Å². The van der Waals surface area contributed by atoms with E-state index in [1.807, 2.05) is 17.0 Å². The number of hydrogen-bond donors (Lipinski definition) is 1. The van der Waals surface area contributed by atoms with Crippen LogP contribution in [0.25, 0.3) is 0 Å². The average molecular weight is 333 g/mol. The second kappa shape index (κ2) is 5.59. The Morgan fingerprint density at radius 3 is 2.12 bits per heavy atom. The summed E-state index contributed by atoms with van der Waals surface area (Å²) < 4.78 is 0. The largest absolute Gasteiger partial charge is 0.347 e. The molecule has 4 rings (SSSR count). The van der Waals surface area contributed by atoms with Gasteiger partial charge < -0.3 is 10.2 Å². The molecule has 6 heteroatoms. The first kappa shape index (κ1) is 15.1. The van der Waals surface area contributed by atoms with Crippen molar-refractivity contribution in [2.75, 3.05) is 18.1 Å². The molecular formula is C19H15N3O3. The number of para-hydroxylation sites is 1. The van der Waals surface area contributed by atoms with Crippen LogP contribution in [0.1, 0.15) is 31.1 Å². The maximum atomic E-state index is 12.5. The van der Waals surface area contributed by atoms with Crippen LogP contribution in [0.5, 0.6) is 0 Å². The summed E-state index contributed by atoms with van der Waals surface area (Å²) in [5.41, 5.74) is 2.46. The smallest absolute Gasteiger partial charge is 0.265 e. The second-order valence-electron chi connectivity index (χ2n) is 5.94. The highest BCUT2D eigenvalue weighted by Crippen LogP contribution is 2.28. The molecule has 124 valence electrons. The molecule has 0 saturated carbocycles. The Labute approximate surface area is 144 Å². The van der Waals surface area contributed by atoms with Crippen LogP contribution in [-0.2, 0) is 0 Å². The van der Waals surface area contributed by atoms with Crippen molar-refractivity contribution in [3.05, 3.63) is 77.5 Å². The van der Waals surface area contributed by atoms with E-state index >= 15 is 0 Å². The summed E-state index contributed by atoms with van der Waals surface area (Å²) in [7, 11) is 0. The molecule has 25 heavy (non-hydrogen) atoms. The quantitative estimate of drug-likeness (QED) is 0.873. The van der Waals surface area contributed by atoms with Gasteiger partial charge in [-0.25, -0.2) is 4.90 Å². The number of benzene rings is 2. The summed E-state index contributed by atoms with van der Waals surface area (Å²) >= 11 is 0. The summed E-state index contributed by atoms with van der Waals surface area (Å²) in [6.07, 6.45) is 0. The lowest BCUT2D eigenvalue weighted by atomic mass is 10.1. The van der Waals surface area contributed by atoms with Crippen molar-refractivity contribution >= 4 is 23.4 Å². The van der Waals surface area contributed by atoms with E-state index in [4.69, 9.17) is 0 Å². The van der Waals surface area contributed by atoms with Gasteiger partial charge in [0, 0.05) is 5.70 Å². The van der Waals surface area contributed by atoms with Gasteiger partial charge in [-0.3, -0.25) is 14.4 Å². The van der Waals surface area contributed by atoms with Crippen LogP contribution >= 0.6 is 0 Å². The van der Waals surface area contributed by atoms with E-state index in [2.05, 4.69) is 11.9 Å². The zero-order valence-corrected chi connectivity index (χ0v) is 13.4. The number of amides is 3. The molecular weight excluding hydrogens is 318 g/mol. The van der Waals surface area contributed by atoms with Crippen molar-refractivity contribution in [3.63, 3.8) is 0 Å². The summed E-state index contributed by atoms with van der Waals surface area (Å²) in [6.45, 7) is 4.48. The highest BCUT2D eigenvalue weighted by atomic mass is 16.2. The number of nitrogens with one attached hydrogen (secondary N) is 1. The summed E-state index contributed by atoms with van der Waals surface area (Å²) in [5, 5.41) is 2.78. The number of imide groups is 1. The Hall–Kier alpha value is -3.41. The van der Waals surface area contributed by atoms with Crippen molar-refractivity contribution in [1.82, 2.24) is 10.2 Å². The Morgan fingerprint density at radius 1 is 0.920 bits per heavy atom. The van der Waals surface area contributed by atoms with Gasteiger partial charge >= 0.3 is 0 Å². The number of fused-ring (bicyclic) bond motifs is 2. The zero-order chi connectivity index (χ0) is 17.6. The van der Waals surface area contributed by atoms with Gasteiger partial charge in [-0.05, 0) is 24.3 Å². The third kappa shape index (κ3) is 2.30. The van der Waals surface area contributed by atoms with Gasteiger partial charge in [0.05, 0.1) is 35.6 Å². The minimum atomic E-state index is -0.361. The lowest BCUT2D eigenvalue weighted by molar-refractivity contribution is 0.0701. The van der Waals surface area contributed by atoms with Gasteiger partial charge in [-0.1, -0.05) is 30.8 Å². The normalized spacial score (nSPS) is 15.8. The molecule has 2 heterocycles. The summed E-state index contributed by atoms with van der Waals surface area (Å²) in [5.74, 6) is -0.863. The van der Waals surface area contributed by atoms with Crippen molar-refractivity contribution in [1.29, 1.82) is 0 Å². The number of hydrogen-bond acceptors (Lipinski definition) is 4. The molecule has 2 aliphatic rings. The van der Waals surface area contributed by atoms with E-state index in [0.717, 1.165) is 10.6 Å². The number of carbonyl (C=O) groups excluding carboxylic acids is 3. The average Bonchev–Trinajstić information content (AvgIpc) is 2.89. The van der Waals surface area contributed by atoms with Crippen molar-refractivity contribution < 1.29 is 14.4 Å². The maximum Gasteiger partial charge on any atom is 0.265 e. The van der Waals surface area contributed by atoms with E-state index in [9.17, 15) is 14.4 Å². The van der Waals surface area contributed by atoms with Crippen LogP contribution in [0.2, 0.25) is 0 Å². The van der Waals surface area contributed by atoms with E-state index in [0.29, 0.717) is 22.4 Å². The standard InChI is InChI=1S/C19H15N3O3/c1-12(22-18(24)13-6-2-3-7-14(13)19(22)25)10-21-11-20-17(23)15-8-4-5-9-16(15)21/h2-9H,1,10-11H2,(H,20,23). The molecule has 0 aromatic heterocycles. The molecule has 2 aliphatic heterocycles. The first-order valence-electron chi connectivity index (χ1n) is 7.85. The SMILES string of the molecule is C=C(CN1CNC(=O)c2ccccc21)N1C(=O)c2ccccc2C1=O. The number of rotatable bonds is 3. The molecule has 6 nitrogen and oxygen atoms in total. The molecule has 0 fully saturated rings. The molecule has 0 bridgehead atoms. The minimum Gasteiger partial charge on any atom is -0.347 e. The summed E-state index contributed by atoms with van der Waals surface area (Å²) in [6, 6.07) is 13.9. The fraction of sp³-hybridized carbons (Fsp3) is 0.105. The molecule has 1 N–H and O–H groups in total. The minimum absolute atomic E-state index is 0.141. The molecule has 0 atom stereocenters. The van der Waals surface area contributed by atoms with Crippen molar-refractivity contribution in [2.45, 2.75) is 0 Å². The molecule has 3 amide bonds. The van der Waals surface area contributed by atoms with Crippen LogP contribution in [0.4, 0.5) is 5.69 Å². The molecule has 2 aromatic rings. The first-order chi connectivity index (χ1) is 12.1. The van der Waals surface area contributed by atoms with Crippen LogP contribution in [0, 0.1) is 0 Å². The Morgan fingerprint density at radius 2 is 1.48 bits per heavy atom. The van der Waals surface area contributed by atoms with E-state index < -0.39 is 0 Å². The third-order valence-corrected chi connectivity index (χ3v) is 4.40. The monoisotopic (exact) mass is 333 g/mol. The van der Waals surface area contributed by atoms with Crippen LogP contribution in [-0.4, -0.2) is 35.8 Å². The first-order valence-corrected chi connectivity index (χ1v) is 7.85. The predicted molar refractivity (Wildman–Crippen MR) is 92.2 cm³/mol. The molecule has 0 aliphatic carbocycles. The number of nitrogens with zero attached hydrogens (tertiary/aromatic N) is 2. The zero-order valence-electron chi connectivity index (χ0n) is 13.4. The highest BCUT2D eigenvalue weighted by molar-refractivity contribution is 6.22. The molecule has 2 aromatic carbocycles. The Balaban J connectivity index is 1.60. The summed E-state index contributed by atoms with van der Waals surface area (Å²) in [4.78, 5) is 40.0. The van der Waals surface area contributed by atoms with E-state index in [-0.39, 0.29) is 30.9 Å². The van der Waals surface area contributed by atoms with Crippen molar-refractivity contribution in [2.24, 2.45) is 0 Å². The maximum absolute atomic E-state index is 12.5. The van der Waals surface area contributed by atoms with Gasteiger partial charge in [0.1, 0.15) is 0 Å². The predicted octanol–water partition coefficient (Wildman–Crippen LogP) is 2.00. The van der Waals surface area contributed by atoms with E-state index in [1.165, 1.54) is 0 Å². The number of carbonyl (C=O) groups is 3. The van der Waals surface area contributed by atoms with Crippen LogP contribution < -0.4 is 10.2 Å². The second-order valence-corrected chi connectivity index (χ2v) is 5.94. The Kier molecular flexibility index (Phi) is 3.39. The molecule has 0 spiro atoms. The van der Waals surface area contributed by atoms with E-state index in [1.54, 1.807) is 36.4 Å². The molecule has 0 radical (unpaired) electrons. The fourth-order valence-electron chi connectivity index (χ4n) is 3.20. The molecule has 0 saturated heterocycles.